The fourth-order valence-electron chi connectivity index (χ4n) is 2.31. The average molecular weight is 269 g/mol. The van der Waals surface area contributed by atoms with Crippen LogP contribution in [0, 0.1) is 0 Å². The predicted octanol–water partition coefficient (Wildman–Crippen LogP) is 2.92. The molecule has 0 amide bonds. The van der Waals surface area contributed by atoms with E-state index in [0.29, 0.717) is 11.1 Å². The van der Waals surface area contributed by atoms with E-state index in [2.05, 4.69) is 24.0 Å². The Labute approximate surface area is 113 Å². The summed E-state index contributed by atoms with van der Waals surface area (Å²) in [4.78, 5) is 4.45. The highest BCUT2D eigenvalue weighted by atomic mass is 32.2. The molecule has 0 spiro atoms. The molecule has 2 N–H and O–H groups in total. The van der Waals surface area contributed by atoms with E-state index in [1.54, 1.807) is 0 Å². The van der Waals surface area contributed by atoms with Crippen LogP contribution < -0.4 is 5.73 Å². The molecular weight excluding hydrogens is 246 g/mol. The molecule has 18 heavy (non-hydrogen) atoms. The van der Waals surface area contributed by atoms with Gasteiger partial charge in [-0.3, -0.25) is 0 Å². The summed E-state index contributed by atoms with van der Waals surface area (Å²) in [5.41, 5.74) is 6.21. The van der Waals surface area contributed by atoms with E-state index in [0.717, 1.165) is 30.8 Å². The summed E-state index contributed by atoms with van der Waals surface area (Å²) in [6, 6.07) is 0. The standard InChI is InChI=1S/C13H23N3OS/c1-3-10(2)18-9-11-15-12(17-16-11)8-13(14)6-4-5-7-13/h10H,3-9,14H2,1-2H3. The van der Waals surface area contributed by atoms with Gasteiger partial charge in [-0.05, 0) is 19.3 Å². The lowest BCUT2D eigenvalue weighted by molar-refractivity contribution is 0.327. The normalized spacial score (nSPS) is 20.2. The van der Waals surface area contributed by atoms with Gasteiger partial charge < -0.3 is 10.3 Å². The largest absolute Gasteiger partial charge is 0.339 e. The van der Waals surface area contributed by atoms with Crippen molar-refractivity contribution in [2.24, 2.45) is 5.73 Å². The number of rotatable bonds is 6. The second-order valence-electron chi connectivity index (χ2n) is 5.38. The zero-order chi connectivity index (χ0) is 13.0. The van der Waals surface area contributed by atoms with Crippen molar-refractivity contribution in [2.75, 3.05) is 0 Å². The van der Waals surface area contributed by atoms with Crippen LogP contribution in [0.3, 0.4) is 0 Å². The van der Waals surface area contributed by atoms with Crippen LogP contribution in [0.25, 0.3) is 0 Å². The fourth-order valence-corrected chi connectivity index (χ4v) is 3.10. The van der Waals surface area contributed by atoms with Gasteiger partial charge in [0.1, 0.15) is 0 Å². The van der Waals surface area contributed by atoms with E-state index in [1.165, 1.54) is 19.3 Å². The second kappa shape index (κ2) is 6.06. The Morgan fingerprint density at radius 1 is 1.44 bits per heavy atom. The second-order valence-corrected chi connectivity index (χ2v) is 6.81. The van der Waals surface area contributed by atoms with Crippen LogP contribution in [0.4, 0.5) is 0 Å². The first-order valence-electron chi connectivity index (χ1n) is 6.83. The molecule has 4 nitrogen and oxygen atoms in total. The number of aromatic nitrogens is 2. The third-order valence-electron chi connectivity index (χ3n) is 3.68. The number of hydrogen-bond donors (Lipinski definition) is 1. The van der Waals surface area contributed by atoms with Crippen LogP contribution in [-0.2, 0) is 12.2 Å². The molecule has 1 aliphatic rings. The lowest BCUT2D eigenvalue weighted by atomic mass is 9.95. The number of thioether (sulfide) groups is 1. The van der Waals surface area contributed by atoms with Crippen molar-refractivity contribution < 1.29 is 4.52 Å². The number of hydrogen-bond acceptors (Lipinski definition) is 5. The zero-order valence-electron chi connectivity index (χ0n) is 11.3. The van der Waals surface area contributed by atoms with E-state index in [-0.39, 0.29) is 5.54 Å². The maximum atomic E-state index is 6.31. The molecular formula is C13H23N3OS. The van der Waals surface area contributed by atoms with E-state index in [4.69, 9.17) is 10.3 Å². The summed E-state index contributed by atoms with van der Waals surface area (Å²) in [6.07, 6.45) is 6.50. The van der Waals surface area contributed by atoms with Gasteiger partial charge in [-0.25, -0.2) is 0 Å². The van der Waals surface area contributed by atoms with Crippen molar-refractivity contribution in [1.82, 2.24) is 10.1 Å². The van der Waals surface area contributed by atoms with Gasteiger partial charge in [-0.2, -0.15) is 16.7 Å². The summed E-state index contributed by atoms with van der Waals surface area (Å²) in [5, 5.41) is 4.67. The SMILES string of the molecule is CCC(C)SCc1noc(CC2(N)CCCC2)n1. The van der Waals surface area contributed by atoms with Gasteiger partial charge in [-0.15, -0.1) is 0 Å². The third-order valence-corrected chi connectivity index (χ3v) is 5.01. The fraction of sp³-hybridized carbons (Fsp3) is 0.846. The van der Waals surface area contributed by atoms with Crippen LogP contribution in [0.1, 0.15) is 57.7 Å². The molecule has 2 rings (SSSR count). The molecule has 1 aromatic heterocycles. The Bertz CT molecular complexity index is 374. The van der Waals surface area contributed by atoms with Gasteiger partial charge in [0.2, 0.25) is 5.89 Å². The monoisotopic (exact) mass is 269 g/mol. The number of nitrogens with zero attached hydrogens (tertiary/aromatic N) is 2. The highest BCUT2D eigenvalue weighted by molar-refractivity contribution is 7.99. The Hall–Kier alpha value is -0.550. The summed E-state index contributed by atoms with van der Waals surface area (Å²) in [7, 11) is 0. The van der Waals surface area contributed by atoms with Crippen molar-refractivity contribution >= 4 is 11.8 Å². The predicted molar refractivity (Wildman–Crippen MR) is 74.4 cm³/mol. The van der Waals surface area contributed by atoms with E-state index < -0.39 is 0 Å². The Balaban J connectivity index is 1.86. The Kier molecular flexibility index (Phi) is 4.67. The first-order valence-corrected chi connectivity index (χ1v) is 7.88. The van der Waals surface area contributed by atoms with Gasteiger partial charge in [0.15, 0.2) is 5.82 Å². The zero-order valence-corrected chi connectivity index (χ0v) is 12.1. The molecule has 1 fully saturated rings. The van der Waals surface area contributed by atoms with Crippen LogP contribution in [0.5, 0.6) is 0 Å². The lowest BCUT2D eigenvalue weighted by Crippen LogP contribution is -2.38. The van der Waals surface area contributed by atoms with E-state index in [9.17, 15) is 0 Å². The summed E-state index contributed by atoms with van der Waals surface area (Å²) in [5.74, 6) is 2.34. The molecule has 1 saturated carbocycles. The van der Waals surface area contributed by atoms with Crippen LogP contribution >= 0.6 is 11.8 Å². The molecule has 1 aromatic rings. The third kappa shape index (κ3) is 3.72. The van der Waals surface area contributed by atoms with Gasteiger partial charge in [-0.1, -0.05) is 31.8 Å². The van der Waals surface area contributed by atoms with Gasteiger partial charge in [0, 0.05) is 17.2 Å². The summed E-state index contributed by atoms with van der Waals surface area (Å²) in [6.45, 7) is 4.41. The van der Waals surface area contributed by atoms with Gasteiger partial charge in [0.05, 0.1) is 5.75 Å². The van der Waals surface area contributed by atoms with Crippen LogP contribution in [0.2, 0.25) is 0 Å². The van der Waals surface area contributed by atoms with Crippen LogP contribution in [0.15, 0.2) is 4.52 Å². The first kappa shape index (κ1) is 13.9. The van der Waals surface area contributed by atoms with Crippen molar-refractivity contribution in [3.63, 3.8) is 0 Å². The number of nitrogens with two attached hydrogens (primary N) is 1. The average Bonchev–Trinajstić information content (AvgIpc) is 2.96. The van der Waals surface area contributed by atoms with Crippen molar-refractivity contribution in [2.45, 2.75) is 68.9 Å². The minimum atomic E-state index is -0.104. The van der Waals surface area contributed by atoms with Crippen molar-refractivity contribution in [3.8, 4) is 0 Å². The molecule has 0 radical (unpaired) electrons. The smallest absolute Gasteiger partial charge is 0.228 e. The summed E-state index contributed by atoms with van der Waals surface area (Å²) >= 11 is 1.87. The maximum Gasteiger partial charge on any atom is 0.228 e. The van der Waals surface area contributed by atoms with Crippen molar-refractivity contribution in [1.29, 1.82) is 0 Å². The molecule has 102 valence electrons. The minimum absolute atomic E-state index is 0.104. The molecule has 0 saturated heterocycles. The van der Waals surface area contributed by atoms with Crippen LogP contribution in [-0.4, -0.2) is 20.9 Å². The Morgan fingerprint density at radius 2 is 2.17 bits per heavy atom. The molecule has 1 unspecified atom stereocenters. The molecule has 0 aromatic carbocycles. The maximum absolute atomic E-state index is 6.31. The molecule has 5 heteroatoms. The van der Waals surface area contributed by atoms with E-state index in [1.807, 2.05) is 11.8 Å². The van der Waals surface area contributed by atoms with Crippen molar-refractivity contribution in [3.05, 3.63) is 11.7 Å². The topological polar surface area (TPSA) is 64.9 Å². The Morgan fingerprint density at radius 3 is 2.83 bits per heavy atom. The van der Waals surface area contributed by atoms with Gasteiger partial charge in [0.25, 0.3) is 0 Å². The van der Waals surface area contributed by atoms with E-state index >= 15 is 0 Å². The molecule has 0 aliphatic heterocycles. The lowest BCUT2D eigenvalue weighted by Gasteiger charge is -2.20. The summed E-state index contributed by atoms with van der Waals surface area (Å²) < 4.78 is 5.30. The molecule has 0 bridgehead atoms. The molecule has 1 heterocycles. The minimum Gasteiger partial charge on any atom is -0.339 e. The molecule has 1 aliphatic carbocycles. The first-order chi connectivity index (χ1) is 8.61. The van der Waals surface area contributed by atoms with Gasteiger partial charge >= 0.3 is 0 Å². The quantitative estimate of drug-likeness (QED) is 0.860. The highest BCUT2D eigenvalue weighted by Gasteiger charge is 2.31. The highest BCUT2D eigenvalue weighted by Crippen LogP contribution is 2.30. The molecule has 1 atom stereocenters.